The summed E-state index contributed by atoms with van der Waals surface area (Å²) in [6.07, 6.45) is -16.7. The molecular weight excluding hydrogens is 574 g/mol. The number of rotatable bonds is 4. The molecule has 1 N–H and O–H groups in total. The number of carbonyl (C=O) groups is 1. The number of benzene rings is 2. The Hall–Kier alpha value is -3.03. The van der Waals surface area contributed by atoms with E-state index in [1.54, 1.807) is 0 Å². The van der Waals surface area contributed by atoms with Crippen LogP contribution in [0, 0.1) is 18.7 Å². The van der Waals surface area contributed by atoms with E-state index in [1.165, 1.54) is 25.1 Å². The monoisotopic (exact) mass is 590 g/mol. The molecule has 0 saturated heterocycles. The van der Waals surface area contributed by atoms with Crippen molar-refractivity contribution >= 4 is 23.2 Å². The molecule has 39 heavy (non-hydrogen) atoms. The van der Waals surface area contributed by atoms with Crippen molar-refractivity contribution < 1.29 is 53.5 Å². The van der Waals surface area contributed by atoms with Gasteiger partial charge in [-0.25, -0.2) is 4.39 Å². The second kappa shape index (κ2) is 9.56. The maximum atomic E-state index is 14.7. The standard InChI is InChI=1S/C24H17ClF10N2O2/c1-10-4-11(2-3-15(10)20(38)36-14-5-12(6-14)22(27,28)29)18-9-21(39-37-18,24(33,34)35)16-7-13(23(30,31)32)8-17(25)19(16)26/h2-4,7-8,12,14H,5-6,9H2,1H3,(H,36,38)/t12-,14-,21?. The molecule has 0 radical (unpaired) electrons. The molecule has 1 fully saturated rings. The number of amides is 1. The fraction of sp³-hybridized carbons (Fsp3) is 0.417. The van der Waals surface area contributed by atoms with Crippen LogP contribution in [-0.4, -0.2) is 30.0 Å². The molecule has 4 nitrogen and oxygen atoms in total. The Morgan fingerprint density at radius 3 is 2.23 bits per heavy atom. The first kappa shape index (κ1) is 29.0. The number of hydrogen-bond donors (Lipinski definition) is 1. The molecule has 212 valence electrons. The van der Waals surface area contributed by atoms with Crippen LogP contribution < -0.4 is 5.32 Å². The van der Waals surface area contributed by atoms with Crippen LogP contribution in [0.5, 0.6) is 0 Å². The summed E-state index contributed by atoms with van der Waals surface area (Å²) in [5.41, 5.74) is -6.90. The molecule has 1 saturated carbocycles. The molecular formula is C24H17ClF10N2O2. The number of nitrogens with zero attached hydrogens (tertiary/aromatic N) is 1. The van der Waals surface area contributed by atoms with Crippen LogP contribution in [0.4, 0.5) is 43.9 Å². The fourth-order valence-corrected chi connectivity index (χ4v) is 4.67. The Kier molecular flexibility index (Phi) is 7.10. The van der Waals surface area contributed by atoms with Gasteiger partial charge in [0.2, 0.25) is 0 Å². The average Bonchev–Trinajstić information content (AvgIpc) is 3.22. The van der Waals surface area contributed by atoms with Crippen LogP contribution in [0.3, 0.4) is 0 Å². The van der Waals surface area contributed by atoms with Gasteiger partial charge in [-0.3, -0.25) is 4.79 Å². The molecule has 1 atom stereocenters. The van der Waals surface area contributed by atoms with E-state index < -0.39 is 76.1 Å². The molecule has 1 heterocycles. The van der Waals surface area contributed by atoms with Gasteiger partial charge >= 0.3 is 18.5 Å². The van der Waals surface area contributed by atoms with E-state index in [-0.39, 0.29) is 41.7 Å². The topological polar surface area (TPSA) is 50.7 Å². The van der Waals surface area contributed by atoms with E-state index in [1.807, 2.05) is 0 Å². The van der Waals surface area contributed by atoms with Crippen molar-refractivity contribution in [2.24, 2.45) is 11.1 Å². The minimum absolute atomic E-state index is 0.00515. The normalized spacial score (nSPS) is 23.6. The summed E-state index contributed by atoms with van der Waals surface area (Å²) in [4.78, 5) is 17.1. The lowest BCUT2D eigenvalue weighted by Crippen LogP contribution is -2.49. The third kappa shape index (κ3) is 5.39. The van der Waals surface area contributed by atoms with Gasteiger partial charge in [-0.2, -0.15) is 39.5 Å². The van der Waals surface area contributed by atoms with Crippen LogP contribution in [0.1, 0.15) is 51.9 Å². The van der Waals surface area contributed by atoms with E-state index in [0.717, 1.165) is 0 Å². The van der Waals surface area contributed by atoms with Crippen molar-refractivity contribution in [3.8, 4) is 0 Å². The number of carbonyl (C=O) groups excluding carboxylic acids is 1. The third-order valence-electron chi connectivity index (χ3n) is 6.72. The Morgan fingerprint density at radius 1 is 1.05 bits per heavy atom. The highest BCUT2D eigenvalue weighted by Gasteiger charge is 2.64. The average molecular weight is 591 g/mol. The predicted octanol–water partition coefficient (Wildman–Crippen LogP) is 7.46. The van der Waals surface area contributed by atoms with Gasteiger partial charge in [0.15, 0.2) is 0 Å². The molecule has 0 spiro atoms. The zero-order chi connectivity index (χ0) is 29.1. The lowest BCUT2D eigenvalue weighted by atomic mass is 9.79. The molecule has 2 aromatic carbocycles. The zero-order valence-corrected chi connectivity index (χ0v) is 20.3. The van der Waals surface area contributed by atoms with Crippen molar-refractivity contribution in [1.29, 1.82) is 0 Å². The summed E-state index contributed by atoms with van der Waals surface area (Å²) in [6, 6.07) is 3.07. The first-order valence-electron chi connectivity index (χ1n) is 11.2. The Bertz CT molecular complexity index is 1330. The second-order valence-corrected chi connectivity index (χ2v) is 9.77. The number of hydrogen-bond acceptors (Lipinski definition) is 3. The van der Waals surface area contributed by atoms with Crippen LogP contribution in [0.15, 0.2) is 35.5 Å². The Labute approximate surface area is 218 Å². The molecule has 2 aliphatic rings. The zero-order valence-electron chi connectivity index (χ0n) is 19.6. The smallest absolute Gasteiger partial charge is 0.374 e. The highest BCUT2D eigenvalue weighted by molar-refractivity contribution is 6.30. The first-order chi connectivity index (χ1) is 17.8. The quantitative estimate of drug-likeness (QED) is 0.376. The first-order valence-corrected chi connectivity index (χ1v) is 11.6. The van der Waals surface area contributed by atoms with E-state index in [0.29, 0.717) is 0 Å². The van der Waals surface area contributed by atoms with Gasteiger partial charge in [0.1, 0.15) is 5.82 Å². The Morgan fingerprint density at radius 2 is 1.69 bits per heavy atom. The molecule has 1 unspecified atom stereocenters. The molecule has 4 rings (SSSR count). The predicted molar refractivity (Wildman–Crippen MR) is 118 cm³/mol. The summed E-state index contributed by atoms with van der Waals surface area (Å²) in [6.45, 7) is 1.41. The van der Waals surface area contributed by atoms with Gasteiger partial charge in [-0.15, -0.1) is 0 Å². The highest BCUT2D eigenvalue weighted by atomic mass is 35.5. The summed E-state index contributed by atoms with van der Waals surface area (Å²) >= 11 is 5.49. The molecule has 0 bridgehead atoms. The summed E-state index contributed by atoms with van der Waals surface area (Å²) in [5.74, 6) is -3.97. The molecule has 1 amide bonds. The van der Waals surface area contributed by atoms with Gasteiger partial charge in [-0.1, -0.05) is 22.8 Å². The van der Waals surface area contributed by atoms with Gasteiger partial charge in [0.05, 0.1) is 28.6 Å². The fourth-order valence-electron chi connectivity index (χ4n) is 4.45. The molecule has 15 heteroatoms. The third-order valence-corrected chi connectivity index (χ3v) is 6.99. The summed E-state index contributed by atoms with van der Waals surface area (Å²) < 4.78 is 135. The number of nitrogens with one attached hydrogen (secondary N) is 1. The summed E-state index contributed by atoms with van der Waals surface area (Å²) in [7, 11) is 0. The van der Waals surface area contributed by atoms with E-state index in [2.05, 4.69) is 15.3 Å². The minimum Gasteiger partial charge on any atom is -0.374 e. The van der Waals surface area contributed by atoms with Crippen molar-refractivity contribution in [2.45, 2.75) is 56.4 Å². The van der Waals surface area contributed by atoms with E-state index >= 15 is 0 Å². The van der Waals surface area contributed by atoms with Crippen molar-refractivity contribution in [3.63, 3.8) is 0 Å². The number of aryl methyl sites for hydroxylation is 1. The number of halogens is 11. The van der Waals surface area contributed by atoms with Gasteiger partial charge in [-0.05, 0) is 55.2 Å². The number of alkyl halides is 9. The van der Waals surface area contributed by atoms with Crippen LogP contribution in [0.2, 0.25) is 5.02 Å². The van der Waals surface area contributed by atoms with Gasteiger partial charge in [0.25, 0.3) is 11.5 Å². The highest BCUT2D eigenvalue weighted by Crippen LogP contribution is 2.51. The molecule has 0 aromatic heterocycles. The van der Waals surface area contributed by atoms with Crippen molar-refractivity contribution in [1.82, 2.24) is 5.32 Å². The lowest BCUT2D eigenvalue weighted by Gasteiger charge is -2.36. The van der Waals surface area contributed by atoms with E-state index in [4.69, 9.17) is 11.6 Å². The largest absolute Gasteiger partial charge is 0.435 e. The maximum absolute atomic E-state index is 14.7. The van der Waals surface area contributed by atoms with Crippen LogP contribution in [0.25, 0.3) is 0 Å². The van der Waals surface area contributed by atoms with Gasteiger partial charge in [0, 0.05) is 17.2 Å². The Balaban J connectivity index is 1.58. The molecule has 1 aliphatic carbocycles. The van der Waals surface area contributed by atoms with E-state index in [9.17, 15) is 48.7 Å². The molecule has 2 aromatic rings. The van der Waals surface area contributed by atoms with Crippen LogP contribution >= 0.6 is 11.6 Å². The second-order valence-electron chi connectivity index (χ2n) is 9.36. The maximum Gasteiger partial charge on any atom is 0.435 e. The SMILES string of the molecule is Cc1cc(C2=NOC(c3cc(C(F)(F)F)cc(Cl)c3F)(C(F)(F)F)C2)ccc1C(=O)N[C@H]1C[C@H](C(F)(F)F)C1. The van der Waals surface area contributed by atoms with Crippen LogP contribution in [-0.2, 0) is 16.6 Å². The van der Waals surface area contributed by atoms with Crippen molar-refractivity contribution in [2.75, 3.05) is 0 Å². The minimum atomic E-state index is -5.43. The molecule has 1 aliphatic heterocycles. The summed E-state index contributed by atoms with van der Waals surface area (Å²) in [5, 5.41) is 4.65. The van der Waals surface area contributed by atoms with Gasteiger partial charge < -0.3 is 10.2 Å². The van der Waals surface area contributed by atoms with Crippen molar-refractivity contribution in [3.05, 3.63) is 69.0 Å². The number of oxime groups is 1. The lowest BCUT2D eigenvalue weighted by molar-refractivity contribution is -0.276.